The lowest BCUT2D eigenvalue weighted by atomic mass is 10.2. The Morgan fingerprint density at radius 1 is 1.16 bits per heavy atom. The van der Waals surface area contributed by atoms with Crippen LogP contribution in [0.1, 0.15) is 24.9 Å². The fourth-order valence-electron chi connectivity index (χ4n) is 1.44. The Morgan fingerprint density at radius 3 is 2.53 bits per heavy atom. The Bertz CT molecular complexity index is 658. The third-order valence-electron chi connectivity index (χ3n) is 2.33. The number of ketones is 1. The Kier molecular flexibility index (Phi) is 4.29. The number of carbonyl (C=O) groups is 2. The number of carboxylic acid groups (broad SMARTS) is 1. The van der Waals surface area contributed by atoms with Gasteiger partial charge >= 0.3 is 0 Å². The number of aromatic carboxylic acids is 1. The summed E-state index contributed by atoms with van der Waals surface area (Å²) in [6.07, 6.45) is 3.11. The standard InChI is InChI=1S/C14H9BrO3S/c15-10-3-1-2-9(8-10)4-5-11(16)12-6-7-13(19-12)14(17)18/h1-8H,(H,17,18)/p-1/b5-4+. The molecule has 1 heterocycles. The van der Waals surface area contributed by atoms with Gasteiger partial charge in [0.2, 0.25) is 0 Å². The molecule has 0 radical (unpaired) electrons. The number of carboxylic acids is 1. The summed E-state index contributed by atoms with van der Waals surface area (Å²) >= 11 is 4.26. The van der Waals surface area contributed by atoms with Crippen LogP contribution in [-0.2, 0) is 0 Å². The van der Waals surface area contributed by atoms with Crippen molar-refractivity contribution in [2.75, 3.05) is 0 Å². The molecule has 0 spiro atoms. The smallest absolute Gasteiger partial charge is 0.195 e. The minimum Gasteiger partial charge on any atom is -0.544 e. The third kappa shape index (κ3) is 3.62. The highest BCUT2D eigenvalue weighted by molar-refractivity contribution is 9.10. The van der Waals surface area contributed by atoms with Gasteiger partial charge in [-0.15, -0.1) is 11.3 Å². The van der Waals surface area contributed by atoms with Gasteiger partial charge in [-0.3, -0.25) is 4.79 Å². The maximum Gasteiger partial charge on any atom is 0.195 e. The van der Waals surface area contributed by atoms with Gasteiger partial charge in [0.15, 0.2) is 5.78 Å². The number of rotatable bonds is 4. The molecule has 0 aliphatic heterocycles. The van der Waals surface area contributed by atoms with E-state index in [2.05, 4.69) is 15.9 Å². The minimum atomic E-state index is -1.26. The Labute approximate surface area is 122 Å². The van der Waals surface area contributed by atoms with Gasteiger partial charge in [-0.1, -0.05) is 34.1 Å². The van der Waals surface area contributed by atoms with Gasteiger partial charge in [-0.05, 0) is 35.9 Å². The molecular formula is C14H8BrO3S-. The third-order valence-corrected chi connectivity index (χ3v) is 3.90. The first kappa shape index (κ1) is 13.7. The summed E-state index contributed by atoms with van der Waals surface area (Å²) in [4.78, 5) is 22.9. The van der Waals surface area contributed by atoms with Crippen LogP contribution in [0.15, 0.2) is 46.9 Å². The van der Waals surface area contributed by atoms with Crippen LogP contribution < -0.4 is 5.11 Å². The van der Waals surface area contributed by atoms with Crippen molar-refractivity contribution in [2.45, 2.75) is 0 Å². The van der Waals surface area contributed by atoms with Crippen LogP contribution >= 0.6 is 27.3 Å². The first-order valence-electron chi connectivity index (χ1n) is 5.35. The van der Waals surface area contributed by atoms with Gasteiger partial charge in [0.1, 0.15) is 0 Å². The predicted molar refractivity (Wildman–Crippen MR) is 76.2 cm³/mol. The van der Waals surface area contributed by atoms with E-state index in [4.69, 9.17) is 0 Å². The van der Waals surface area contributed by atoms with Gasteiger partial charge in [0.05, 0.1) is 15.7 Å². The zero-order valence-corrected chi connectivity index (χ0v) is 12.0. The van der Waals surface area contributed by atoms with Crippen molar-refractivity contribution in [3.05, 3.63) is 62.3 Å². The molecule has 0 bridgehead atoms. The lowest BCUT2D eigenvalue weighted by Crippen LogP contribution is -2.20. The van der Waals surface area contributed by atoms with Crippen LogP contribution in [0.25, 0.3) is 6.08 Å². The molecule has 0 amide bonds. The number of allylic oxidation sites excluding steroid dienone is 1. The predicted octanol–water partition coefficient (Wildman–Crippen LogP) is 2.77. The number of hydrogen-bond acceptors (Lipinski definition) is 4. The first-order chi connectivity index (χ1) is 9.06. The Balaban J connectivity index is 2.14. The maximum absolute atomic E-state index is 11.8. The molecule has 2 aromatic rings. The summed E-state index contributed by atoms with van der Waals surface area (Å²) in [7, 11) is 0. The number of halogens is 1. The monoisotopic (exact) mass is 335 g/mol. The maximum atomic E-state index is 11.8. The average molecular weight is 336 g/mol. The van der Waals surface area contributed by atoms with Crippen LogP contribution in [-0.4, -0.2) is 11.8 Å². The summed E-state index contributed by atoms with van der Waals surface area (Å²) in [6, 6.07) is 10.4. The molecule has 96 valence electrons. The van der Waals surface area contributed by atoms with Crippen LogP contribution in [0, 0.1) is 0 Å². The van der Waals surface area contributed by atoms with Crippen LogP contribution in [0.4, 0.5) is 0 Å². The van der Waals surface area contributed by atoms with E-state index in [0.29, 0.717) is 4.88 Å². The molecule has 2 rings (SSSR count). The van der Waals surface area contributed by atoms with Crippen molar-refractivity contribution in [1.29, 1.82) is 0 Å². The fraction of sp³-hybridized carbons (Fsp3) is 0. The van der Waals surface area contributed by atoms with Crippen LogP contribution in [0.2, 0.25) is 0 Å². The normalized spacial score (nSPS) is 10.8. The lowest BCUT2D eigenvalue weighted by molar-refractivity contribution is -0.254. The van der Waals surface area contributed by atoms with Crippen molar-refractivity contribution in [3.8, 4) is 0 Å². The van der Waals surface area contributed by atoms with Crippen LogP contribution in [0.5, 0.6) is 0 Å². The number of carbonyl (C=O) groups excluding carboxylic acids is 2. The highest BCUT2D eigenvalue weighted by atomic mass is 79.9. The molecule has 0 unspecified atom stereocenters. The van der Waals surface area contributed by atoms with E-state index in [1.165, 1.54) is 18.2 Å². The number of benzene rings is 1. The highest BCUT2D eigenvalue weighted by Crippen LogP contribution is 2.18. The topological polar surface area (TPSA) is 57.2 Å². The Hall–Kier alpha value is -1.72. The molecule has 1 aromatic carbocycles. The highest BCUT2D eigenvalue weighted by Gasteiger charge is 2.06. The summed E-state index contributed by atoms with van der Waals surface area (Å²) in [6.45, 7) is 0. The SMILES string of the molecule is O=C([O-])c1ccc(C(=O)/C=C/c2cccc(Br)c2)s1. The summed E-state index contributed by atoms with van der Waals surface area (Å²) in [5.74, 6) is -1.49. The second kappa shape index (κ2) is 5.95. The summed E-state index contributed by atoms with van der Waals surface area (Å²) < 4.78 is 0.928. The molecule has 3 nitrogen and oxygen atoms in total. The van der Waals surface area contributed by atoms with E-state index in [0.717, 1.165) is 21.4 Å². The van der Waals surface area contributed by atoms with E-state index in [1.807, 2.05) is 24.3 Å². The van der Waals surface area contributed by atoms with Gasteiger partial charge in [0, 0.05) is 4.47 Å². The van der Waals surface area contributed by atoms with Gasteiger partial charge < -0.3 is 9.90 Å². The zero-order chi connectivity index (χ0) is 13.8. The van der Waals surface area contributed by atoms with Crippen molar-refractivity contribution in [1.82, 2.24) is 0 Å². The molecular weight excluding hydrogens is 328 g/mol. The van der Waals surface area contributed by atoms with Crippen LogP contribution in [0.3, 0.4) is 0 Å². The van der Waals surface area contributed by atoms with Gasteiger partial charge in [-0.2, -0.15) is 0 Å². The largest absolute Gasteiger partial charge is 0.544 e. The van der Waals surface area contributed by atoms with E-state index in [-0.39, 0.29) is 10.7 Å². The average Bonchev–Trinajstić information content (AvgIpc) is 2.86. The second-order valence-electron chi connectivity index (χ2n) is 3.70. The summed E-state index contributed by atoms with van der Waals surface area (Å²) in [5.41, 5.74) is 0.888. The van der Waals surface area contributed by atoms with Gasteiger partial charge in [0.25, 0.3) is 0 Å². The molecule has 0 aliphatic carbocycles. The molecule has 1 aromatic heterocycles. The lowest BCUT2D eigenvalue weighted by Gasteiger charge is -1.95. The fourth-order valence-corrected chi connectivity index (χ4v) is 2.62. The van der Waals surface area contributed by atoms with Crippen molar-refractivity contribution in [2.24, 2.45) is 0 Å². The number of thiophene rings is 1. The summed E-state index contributed by atoms with van der Waals surface area (Å²) in [5, 5.41) is 10.6. The molecule has 0 saturated carbocycles. The van der Waals surface area contributed by atoms with Gasteiger partial charge in [-0.25, -0.2) is 0 Å². The van der Waals surface area contributed by atoms with E-state index in [1.54, 1.807) is 6.08 Å². The molecule has 0 atom stereocenters. The molecule has 0 N–H and O–H groups in total. The molecule has 0 aliphatic rings. The van der Waals surface area contributed by atoms with E-state index in [9.17, 15) is 14.7 Å². The molecule has 0 saturated heterocycles. The van der Waals surface area contributed by atoms with E-state index < -0.39 is 5.97 Å². The van der Waals surface area contributed by atoms with Crippen molar-refractivity contribution < 1.29 is 14.7 Å². The quantitative estimate of drug-likeness (QED) is 0.637. The first-order valence-corrected chi connectivity index (χ1v) is 6.96. The molecule has 0 fully saturated rings. The zero-order valence-electron chi connectivity index (χ0n) is 9.63. The molecule has 19 heavy (non-hydrogen) atoms. The second-order valence-corrected chi connectivity index (χ2v) is 5.70. The molecule has 5 heteroatoms. The van der Waals surface area contributed by atoms with Crippen molar-refractivity contribution in [3.63, 3.8) is 0 Å². The van der Waals surface area contributed by atoms with Crippen molar-refractivity contribution >= 4 is 45.1 Å². The number of hydrogen-bond donors (Lipinski definition) is 0. The van der Waals surface area contributed by atoms with E-state index >= 15 is 0 Å². The Morgan fingerprint density at radius 2 is 1.89 bits per heavy atom. The minimum absolute atomic E-state index is 0.0548.